The number of nitrogens with zero attached hydrogens (tertiary/aromatic N) is 3. The maximum atomic E-state index is 11.9. The predicted molar refractivity (Wildman–Crippen MR) is 73.3 cm³/mol. The summed E-state index contributed by atoms with van der Waals surface area (Å²) in [6.07, 6.45) is 1.20. The fraction of sp³-hybridized carbons (Fsp3) is 0.231. The number of aromatic carboxylic acids is 1. The lowest BCUT2D eigenvalue weighted by molar-refractivity contribution is -0.116. The van der Waals surface area contributed by atoms with Gasteiger partial charge in [0.1, 0.15) is 12.3 Å². The highest BCUT2D eigenvalue weighted by Gasteiger charge is 2.11. The average Bonchev–Trinajstić information content (AvgIpc) is 2.89. The third kappa shape index (κ3) is 3.56. The van der Waals surface area contributed by atoms with Crippen molar-refractivity contribution in [3.63, 3.8) is 0 Å². The molecule has 0 aliphatic rings. The quantitative estimate of drug-likeness (QED) is 0.848. The summed E-state index contributed by atoms with van der Waals surface area (Å²) in [5, 5.41) is 18.4. The Balaban J connectivity index is 2.02. The van der Waals surface area contributed by atoms with Gasteiger partial charge in [-0.2, -0.15) is 0 Å². The minimum Gasteiger partial charge on any atom is -0.497 e. The summed E-state index contributed by atoms with van der Waals surface area (Å²) in [7, 11) is 1.57. The number of carbonyl (C=O) groups excluding carboxylic acids is 1. The van der Waals surface area contributed by atoms with E-state index in [1.807, 2.05) is 6.92 Å². The molecule has 2 rings (SSSR count). The van der Waals surface area contributed by atoms with Crippen molar-refractivity contribution in [2.24, 2.45) is 0 Å². The number of ether oxygens (including phenoxy) is 1. The average molecular weight is 290 g/mol. The normalized spacial score (nSPS) is 10.2. The zero-order chi connectivity index (χ0) is 15.4. The van der Waals surface area contributed by atoms with Gasteiger partial charge in [-0.3, -0.25) is 4.79 Å². The molecule has 0 radical (unpaired) electrons. The lowest BCUT2D eigenvalue weighted by Crippen LogP contribution is -2.19. The first kappa shape index (κ1) is 14.5. The number of hydrogen-bond donors (Lipinski definition) is 2. The van der Waals surface area contributed by atoms with Crippen molar-refractivity contribution < 1.29 is 19.4 Å². The molecular formula is C13H14N4O4. The van der Waals surface area contributed by atoms with E-state index in [0.29, 0.717) is 11.4 Å². The Morgan fingerprint density at radius 1 is 1.43 bits per heavy atom. The van der Waals surface area contributed by atoms with Crippen LogP contribution < -0.4 is 10.1 Å². The van der Waals surface area contributed by atoms with Gasteiger partial charge in [0.25, 0.3) is 0 Å². The summed E-state index contributed by atoms with van der Waals surface area (Å²) >= 11 is 0. The molecule has 1 aromatic carbocycles. The number of aromatic nitrogens is 3. The second kappa shape index (κ2) is 6.04. The summed E-state index contributed by atoms with van der Waals surface area (Å²) in [5.41, 5.74) is 1.30. The van der Waals surface area contributed by atoms with Gasteiger partial charge in [0.15, 0.2) is 5.69 Å². The molecule has 0 aliphatic heterocycles. The smallest absolute Gasteiger partial charge is 0.358 e. The second-order valence-corrected chi connectivity index (χ2v) is 4.34. The van der Waals surface area contributed by atoms with Gasteiger partial charge in [-0.25, -0.2) is 9.48 Å². The Morgan fingerprint density at radius 3 is 2.76 bits per heavy atom. The number of carbonyl (C=O) groups is 2. The van der Waals surface area contributed by atoms with Crippen LogP contribution in [0.2, 0.25) is 0 Å². The van der Waals surface area contributed by atoms with Crippen molar-refractivity contribution in [2.75, 3.05) is 12.4 Å². The van der Waals surface area contributed by atoms with Crippen LogP contribution in [0.3, 0.4) is 0 Å². The molecule has 0 unspecified atom stereocenters. The molecule has 1 heterocycles. The van der Waals surface area contributed by atoms with E-state index in [9.17, 15) is 9.59 Å². The number of methoxy groups -OCH3 is 1. The molecule has 0 atom stereocenters. The van der Waals surface area contributed by atoms with Crippen LogP contribution in [0.15, 0.2) is 24.4 Å². The van der Waals surface area contributed by atoms with Gasteiger partial charge in [0, 0.05) is 5.69 Å². The predicted octanol–water partition coefficient (Wildman–Crippen LogP) is 0.932. The number of amides is 1. The molecule has 8 heteroatoms. The highest BCUT2D eigenvalue weighted by Crippen LogP contribution is 2.20. The third-order valence-corrected chi connectivity index (χ3v) is 2.77. The number of hydrogen-bond acceptors (Lipinski definition) is 5. The number of aryl methyl sites for hydroxylation is 1. The molecule has 2 N–H and O–H groups in total. The standard InChI is InChI=1S/C13H14N4O4/c1-8-5-9(21-2)3-4-10(8)14-12(18)7-17-6-11(13(19)20)15-16-17/h3-6H,7H2,1-2H3,(H,14,18)(H,19,20). The van der Waals surface area contributed by atoms with Crippen LogP contribution in [-0.2, 0) is 11.3 Å². The maximum Gasteiger partial charge on any atom is 0.358 e. The fourth-order valence-electron chi connectivity index (χ4n) is 1.71. The number of benzene rings is 1. The Bertz CT molecular complexity index is 681. The first-order valence-corrected chi connectivity index (χ1v) is 6.07. The third-order valence-electron chi connectivity index (χ3n) is 2.77. The number of carboxylic acids is 1. The van der Waals surface area contributed by atoms with Crippen molar-refractivity contribution in [1.82, 2.24) is 15.0 Å². The van der Waals surface area contributed by atoms with Crippen LogP contribution in [0, 0.1) is 6.92 Å². The molecule has 1 amide bonds. The van der Waals surface area contributed by atoms with Crippen molar-refractivity contribution in [3.05, 3.63) is 35.7 Å². The summed E-state index contributed by atoms with van der Waals surface area (Å²) in [4.78, 5) is 22.6. The first-order chi connectivity index (χ1) is 9.99. The molecule has 110 valence electrons. The molecule has 0 bridgehead atoms. The van der Waals surface area contributed by atoms with Crippen molar-refractivity contribution >= 4 is 17.6 Å². The Hall–Kier alpha value is -2.90. The molecular weight excluding hydrogens is 276 g/mol. The first-order valence-electron chi connectivity index (χ1n) is 6.07. The van der Waals surface area contributed by atoms with E-state index in [1.165, 1.54) is 6.20 Å². The van der Waals surface area contributed by atoms with Gasteiger partial charge in [-0.1, -0.05) is 5.21 Å². The lowest BCUT2D eigenvalue weighted by atomic mass is 10.2. The van der Waals surface area contributed by atoms with E-state index in [4.69, 9.17) is 9.84 Å². The largest absolute Gasteiger partial charge is 0.497 e. The Labute approximate surface area is 120 Å². The molecule has 21 heavy (non-hydrogen) atoms. The maximum absolute atomic E-state index is 11.9. The zero-order valence-electron chi connectivity index (χ0n) is 11.5. The van der Waals surface area contributed by atoms with Crippen LogP contribution in [0.4, 0.5) is 5.69 Å². The summed E-state index contributed by atoms with van der Waals surface area (Å²) in [6.45, 7) is 1.72. The summed E-state index contributed by atoms with van der Waals surface area (Å²) in [6, 6.07) is 5.27. The van der Waals surface area contributed by atoms with Gasteiger partial charge < -0.3 is 15.2 Å². The zero-order valence-corrected chi connectivity index (χ0v) is 11.5. The monoisotopic (exact) mass is 290 g/mol. The van der Waals surface area contributed by atoms with Crippen LogP contribution in [0.5, 0.6) is 5.75 Å². The molecule has 0 saturated heterocycles. The van der Waals surface area contributed by atoms with Crippen LogP contribution in [0.1, 0.15) is 16.1 Å². The van der Waals surface area contributed by atoms with Gasteiger partial charge in [0.2, 0.25) is 5.91 Å². The molecule has 2 aromatic rings. The minimum absolute atomic E-state index is 0.119. The lowest BCUT2D eigenvalue weighted by Gasteiger charge is -2.09. The molecule has 0 saturated carbocycles. The van der Waals surface area contributed by atoms with E-state index in [-0.39, 0.29) is 18.1 Å². The van der Waals surface area contributed by atoms with Gasteiger partial charge in [-0.15, -0.1) is 5.10 Å². The van der Waals surface area contributed by atoms with E-state index >= 15 is 0 Å². The van der Waals surface area contributed by atoms with Crippen LogP contribution in [-0.4, -0.2) is 39.1 Å². The Morgan fingerprint density at radius 2 is 2.19 bits per heavy atom. The summed E-state index contributed by atoms with van der Waals surface area (Å²) < 4.78 is 6.25. The number of rotatable bonds is 5. The van der Waals surface area contributed by atoms with Crippen LogP contribution in [0.25, 0.3) is 0 Å². The minimum atomic E-state index is -1.19. The van der Waals surface area contributed by atoms with E-state index < -0.39 is 5.97 Å². The van der Waals surface area contributed by atoms with Gasteiger partial charge in [0.05, 0.1) is 13.3 Å². The van der Waals surface area contributed by atoms with Gasteiger partial charge >= 0.3 is 5.97 Å². The van der Waals surface area contributed by atoms with Gasteiger partial charge in [-0.05, 0) is 30.7 Å². The Kier molecular flexibility index (Phi) is 4.17. The van der Waals surface area contributed by atoms with E-state index in [1.54, 1.807) is 25.3 Å². The highest BCUT2D eigenvalue weighted by molar-refractivity contribution is 5.91. The molecule has 0 fully saturated rings. The highest BCUT2D eigenvalue weighted by atomic mass is 16.5. The second-order valence-electron chi connectivity index (χ2n) is 4.34. The van der Waals surface area contributed by atoms with E-state index in [2.05, 4.69) is 15.6 Å². The van der Waals surface area contributed by atoms with Crippen molar-refractivity contribution in [2.45, 2.75) is 13.5 Å². The molecule has 0 aliphatic carbocycles. The molecule has 0 spiro atoms. The van der Waals surface area contributed by atoms with Crippen molar-refractivity contribution in [1.29, 1.82) is 0 Å². The van der Waals surface area contributed by atoms with E-state index in [0.717, 1.165) is 10.2 Å². The number of carboxylic acid groups (broad SMARTS) is 1. The molecule has 8 nitrogen and oxygen atoms in total. The van der Waals surface area contributed by atoms with Crippen molar-refractivity contribution in [3.8, 4) is 5.75 Å². The fourth-order valence-corrected chi connectivity index (χ4v) is 1.71. The SMILES string of the molecule is COc1ccc(NC(=O)Cn2cc(C(=O)O)nn2)c(C)c1. The topological polar surface area (TPSA) is 106 Å². The number of anilines is 1. The molecule has 1 aromatic heterocycles. The van der Waals surface area contributed by atoms with Crippen LogP contribution >= 0.6 is 0 Å². The number of nitrogens with one attached hydrogen (secondary N) is 1. The summed E-state index contributed by atoms with van der Waals surface area (Å²) in [5.74, 6) is -0.814.